The Bertz CT molecular complexity index is 256. The van der Waals surface area contributed by atoms with E-state index in [2.05, 4.69) is 0 Å². The summed E-state index contributed by atoms with van der Waals surface area (Å²) < 4.78 is 32.4. The highest BCUT2D eigenvalue weighted by molar-refractivity contribution is 4.60. The van der Waals surface area contributed by atoms with Crippen LogP contribution in [0.3, 0.4) is 0 Å². The van der Waals surface area contributed by atoms with Crippen LogP contribution in [-0.2, 0) is 28.4 Å². The number of aliphatic hydroxyl groups is 1. The molecule has 0 radical (unpaired) electrons. The molecule has 7 heteroatoms. The van der Waals surface area contributed by atoms with E-state index in [1.54, 1.807) is 0 Å². The van der Waals surface area contributed by atoms with Crippen molar-refractivity contribution in [2.45, 2.75) is 39.4 Å². The summed E-state index contributed by atoms with van der Waals surface area (Å²) in [6, 6.07) is 0. The topological polar surface area (TPSA) is 75.6 Å². The number of ether oxygens (including phenoxy) is 6. The van der Waals surface area contributed by atoms with E-state index in [1.807, 2.05) is 27.7 Å². The summed E-state index contributed by atoms with van der Waals surface area (Å²) in [5.41, 5.74) is -0.137. The van der Waals surface area contributed by atoms with Crippen LogP contribution in [0.5, 0.6) is 0 Å². The second-order valence-corrected chi connectivity index (χ2v) is 6.28. The quantitative estimate of drug-likeness (QED) is 0.395. The molecule has 7 nitrogen and oxygen atoms in total. The Morgan fingerprint density at radius 3 is 1.54 bits per heavy atom. The van der Waals surface area contributed by atoms with Gasteiger partial charge in [0.05, 0.1) is 84.4 Å². The third-order valence-corrected chi connectivity index (χ3v) is 2.73. The van der Waals surface area contributed by atoms with Gasteiger partial charge in [-0.15, -0.1) is 0 Å². The lowest BCUT2D eigenvalue weighted by Gasteiger charge is -2.22. The summed E-state index contributed by atoms with van der Waals surface area (Å²) in [6.07, 6.45) is 0.0579. The lowest BCUT2D eigenvalue weighted by molar-refractivity contribution is -0.0772. The predicted octanol–water partition coefficient (Wildman–Crippen LogP) is 1.27. The summed E-state index contributed by atoms with van der Waals surface area (Å²) in [5.74, 6) is 0. The highest BCUT2D eigenvalue weighted by atomic mass is 16.6. The van der Waals surface area contributed by atoms with E-state index in [0.717, 1.165) is 0 Å². The number of aliphatic hydroxyl groups excluding tert-OH is 1. The maximum atomic E-state index is 8.51. The Morgan fingerprint density at radius 1 is 0.708 bits per heavy atom. The maximum absolute atomic E-state index is 8.51. The highest BCUT2D eigenvalue weighted by Crippen LogP contribution is 2.07. The molecule has 1 N–H and O–H groups in total. The standard InChI is InChI=1S/C17H36O7/c1-16(15-24-17(2,3)4)23-14-13-22-12-11-21-10-9-20-8-7-19-6-5-18/h16,18H,5-15H2,1-4H3. The third kappa shape index (κ3) is 19.8. The zero-order valence-electron chi connectivity index (χ0n) is 15.8. The molecule has 146 valence electrons. The van der Waals surface area contributed by atoms with E-state index in [0.29, 0.717) is 66.1 Å². The minimum atomic E-state index is -0.137. The van der Waals surface area contributed by atoms with E-state index in [9.17, 15) is 0 Å². The molecule has 1 unspecified atom stereocenters. The Balaban J connectivity index is 3.15. The first-order chi connectivity index (χ1) is 11.5. The fourth-order valence-corrected chi connectivity index (χ4v) is 1.55. The molecule has 24 heavy (non-hydrogen) atoms. The largest absolute Gasteiger partial charge is 0.394 e. The molecule has 0 heterocycles. The number of hydrogen-bond donors (Lipinski definition) is 1. The first-order valence-electron chi connectivity index (χ1n) is 8.63. The van der Waals surface area contributed by atoms with Crippen molar-refractivity contribution in [3.8, 4) is 0 Å². The second-order valence-electron chi connectivity index (χ2n) is 6.28. The Kier molecular flexibility index (Phi) is 16.0. The molecule has 0 aromatic heterocycles. The van der Waals surface area contributed by atoms with Crippen molar-refractivity contribution >= 4 is 0 Å². The Labute approximate surface area is 146 Å². The fourth-order valence-electron chi connectivity index (χ4n) is 1.55. The zero-order chi connectivity index (χ0) is 18.1. The van der Waals surface area contributed by atoms with Gasteiger partial charge in [0, 0.05) is 0 Å². The van der Waals surface area contributed by atoms with Crippen LogP contribution < -0.4 is 0 Å². The van der Waals surface area contributed by atoms with Gasteiger partial charge in [-0.1, -0.05) is 0 Å². The summed E-state index contributed by atoms with van der Waals surface area (Å²) in [6.45, 7) is 13.3. The van der Waals surface area contributed by atoms with Crippen LogP contribution >= 0.6 is 0 Å². The molecule has 0 fully saturated rings. The lowest BCUT2D eigenvalue weighted by Crippen LogP contribution is -2.27. The molecule has 0 aliphatic heterocycles. The van der Waals surface area contributed by atoms with Gasteiger partial charge in [-0.25, -0.2) is 0 Å². The van der Waals surface area contributed by atoms with Crippen molar-refractivity contribution in [2.75, 3.05) is 72.7 Å². The molecule has 1 atom stereocenters. The predicted molar refractivity (Wildman–Crippen MR) is 91.5 cm³/mol. The van der Waals surface area contributed by atoms with Gasteiger partial charge in [0.15, 0.2) is 0 Å². The molecular weight excluding hydrogens is 316 g/mol. The summed E-state index contributed by atoms with van der Waals surface area (Å²) in [4.78, 5) is 0. The van der Waals surface area contributed by atoms with Gasteiger partial charge in [-0.3, -0.25) is 0 Å². The monoisotopic (exact) mass is 352 g/mol. The molecule has 0 aliphatic rings. The fraction of sp³-hybridized carbons (Fsp3) is 1.00. The molecule has 0 aliphatic carbocycles. The van der Waals surface area contributed by atoms with Gasteiger partial charge >= 0.3 is 0 Å². The Morgan fingerprint density at radius 2 is 1.12 bits per heavy atom. The van der Waals surface area contributed by atoms with Crippen LogP contribution in [0.2, 0.25) is 0 Å². The van der Waals surface area contributed by atoms with Crippen LogP contribution in [-0.4, -0.2) is 89.5 Å². The van der Waals surface area contributed by atoms with Crippen molar-refractivity contribution in [2.24, 2.45) is 0 Å². The van der Waals surface area contributed by atoms with E-state index in [4.69, 9.17) is 33.5 Å². The maximum Gasteiger partial charge on any atom is 0.0781 e. The number of hydrogen-bond acceptors (Lipinski definition) is 7. The average Bonchev–Trinajstić information content (AvgIpc) is 2.52. The van der Waals surface area contributed by atoms with Crippen LogP contribution in [0.1, 0.15) is 27.7 Å². The normalized spacial score (nSPS) is 13.4. The SMILES string of the molecule is CC(COC(C)(C)C)OCCOCCOCCOCCOCCO. The van der Waals surface area contributed by atoms with Gasteiger partial charge in [-0.2, -0.15) is 0 Å². The van der Waals surface area contributed by atoms with Gasteiger partial charge in [0.25, 0.3) is 0 Å². The summed E-state index contributed by atoms with van der Waals surface area (Å²) in [7, 11) is 0. The van der Waals surface area contributed by atoms with Crippen molar-refractivity contribution in [1.82, 2.24) is 0 Å². The molecule has 0 amide bonds. The van der Waals surface area contributed by atoms with E-state index in [1.165, 1.54) is 0 Å². The highest BCUT2D eigenvalue weighted by Gasteiger charge is 2.12. The molecule has 0 saturated heterocycles. The van der Waals surface area contributed by atoms with Crippen LogP contribution in [0, 0.1) is 0 Å². The van der Waals surface area contributed by atoms with Gasteiger partial charge in [0.2, 0.25) is 0 Å². The molecule has 0 rings (SSSR count). The lowest BCUT2D eigenvalue weighted by atomic mass is 10.2. The zero-order valence-corrected chi connectivity index (χ0v) is 15.8. The molecule has 0 aromatic rings. The van der Waals surface area contributed by atoms with Crippen molar-refractivity contribution in [1.29, 1.82) is 0 Å². The smallest absolute Gasteiger partial charge is 0.0781 e. The summed E-state index contributed by atoms with van der Waals surface area (Å²) >= 11 is 0. The minimum Gasteiger partial charge on any atom is -0.394 e. The number of rotatable bonds is 17. The van der Waals surface area contributed by atoms with Crippen LogP contribution in [0.4, 0.5) is 0 Å². The van der Waals surface area contributed by atoms with Crippen LogP contribution in [0.15, 0.2) is 0 Å². The summed E-state index contributed by atoms with van der Waals surface area (Å²) in [5, 5.41) is 8.51. The minimum absolute atomic E-state index is 0.0394. The van der Waals surface area contributed by atoms with E-state index < -0.39 is 0 Å². The first kappa shape index (κ1) is 23.7. The average molecular weight is 352 g/mol. The van der Waals surface area contributed by atoms with Crippen molar-refractivity contribution in [3.05, 3.63) is 0 Å². The van der Waals surface area contributed by atoms with Crippen molar-refractivity contribution < 1.29 is 33.5 Å². The molecule has 0 saturated carbocycles. The van der Waals surface area contributed by atoms with Crippen molar-refractivity contribution in [3.63, 3.8) is 0 Å². The van der Waals surface area contributed by atoms with Crippen LogP contribution in [0.25, 0.3) is 0 Å². The van der Waals surface area contributed by atoms with Gasteiger partial charge < -0.3 is 33.5 Å². The molecule has 0 aromatic carbocycles. The molecular formula is C17H36O7. The molecule has 0 bridgehead atoms. The second kappa shape index (κ2) is 16.2. The molecule has 0 spiro atoms. The Hall–Kier alpha value is -0.280. The van der Waals surface area contributed by atoms with E-state index in [-0.39, 0.29) is 18.3 Å². The van der Waals surface area contributed by atoms with Gasteiger partial charge in [0.1, 0.15) is 0 Å². The van der Waals surface area contributed by atoms with E-state index >= 15 is 0 Å². The first-order valence-corrected chi connectivity index (χ1v) is 8.63. The van der Waals surface area contributed by atoms with Gasteiger partial charge in [-0.05, 0) is 27.7 Å². The third-order valence-electron chi connectivity index (χ3n) is 2.73.